The Morgan fingerprint density at radius 1 is 1.44 bits per heavy atom. The molecule has 1 atom stereocenters. The summed E-state index contributed by atoms with van der Waals surface area (Å²) in [4.78, 5) is 23.4. The van der Waals surface area contributed by atoms with Crippen molar-refractivity contribution in [1.29, 1.82) is 5.26 Å². The van der Waals surface area contributed by atoms with Crippen molar-refractivity contribution < 1.29 is 9.59 Å². The van der Waals surface area contributed by atoms with Crippen LogP contribution in [0.15, 0.2) is 18.2 Å². The molecule has 4 nitrogen and oxygen atoms in total. The second-order valence-corrected chi connectivity index (χ2v) is 4.81. The van der Waals surface area contributed by atoms with Crippen LogP contribution in [0.3, 0.4) is 0 Å². The summed E-state index contributed by atoms with van der Waals surface area (Å²) >= 11 is 0. The molecule has 0 spiro atoms. The lowest BCUT2D eigenvalue weighted by atomic mass is 9.88. The maximum absolute atomic E-state index is 12.2. The average molecular weight is 242 g/mol. The van der Waals surface area contributed by atoms with Gasteiger partial charge in [-0.1, -0.05) is 13.8 Å². The van der Waals surface area contributed by atoms with E-state index in [1.165, 1.54) is 0 Å². The number of anilines is 1. The topological polar surface area (TPSA) is 70.0 Å². The molecule has 92 valence electrons. The molecule has 1 aromatic rings. The Hall–Kier alpha value is -2.15. The zero-order chi connectivity index (χ0) is 13.3. The van der Waals surface area contributed by atoms with Gasteiger partial charge in [0.1, 0.15) is 5.92 Å². The zero-order valence-electron chi connectivity index (χ0n) is 10.4. The summed E-state index contributed by atoms with van der Waals surface area (Å²) in [7, 11) is 0. The molecule has 2 rings (SSSR count). The van der Waals surface area contributed by atoms with Gasteiger partial charge in [0.05, 0.1) is 12.5 Å². The van der Waals surface area contributed by atoms with Crippen LogP contribution < -0.4 is 5.32 Å². The first kappa shape index (κ1) is 12.3. The third kappa shape index (κ3) is 2.12. The van der Waals surface area contributed by atoms with Gasteiger partial charge in [0.25, 0.3) is 0 Å². The number of Topliss-reactive ketones (excluding diaryl/α,β-unsaturated/α-hetero) is 1. The predicted molar refractivity (Wildman–Crippen MR) is 67.0 cm³/mol. The SMILES string of the molecule is CC(C)C(C#N)C(=O)c1ccc2c(c1)CC(=O)N2. The third-order valence-electron chi connectivity index (χ3n) is 3.10. The number of hydrogen-bond acceptors (Lipinski definition) is 3. The van der Waals surface area contributed by atoms with Crippen LogP contribution in [0.1, 0.15) is 29.8 Å². The minimum Gasteiger partial charge on any atom is -0.326 e. The first-order chi connectivity index (χ1) is 8.52. The molecule has 0 aromatic heterocycles. The fraction of sp³-hybridized carbons (Fsp3) is 0.357. The number of nitrogens with zero attached hydrogens (tertiary/aromatic N) is 1. The number of carbonyl (C=O) groups excluding carboxylic acids is 2. The number of benzene rings is 1. The van der Waals surface area contributed by atoms with Gasteiger partial charge < -0.3 is 5.32 Å². The molecule has 0 saturated carbocycles. The summed E-state index contributed by atoms with van der Waals surface area (Å²) in [5.74, 6) is -0.881. The molecule has 0 bridgehead atoms. The molecule has 1 heterocycles. The number of nitrogens with one attached hydrogen (secondary N) is 1. The van der Waals surface area contributed by atoms with Gasteiger partial charge in [-0.3, -0.25) is 9.59 Å². The number of fused-ring (bicyclic) bond motifs is 1. The summed E-state index contributed by atoms with van der Waals surface area (Å²) in [6.45, 7) is 3.70. The highest BCUT2D eigenvalue weighted by molar-refractivity contribution is 6.03. The van der Waals surface area contributed by atoms with E-state index < -0.39 is 5.92 Å². The normalized spacial score (nSPS) is 14.9. The fourth-order valence-electron chi connectivity index (χ4n) is 2.07. The first-order valence-corrected chi connectivity index (χ1v) is 5.89. The summed E-state index contributed by atoms with van der Waals surface area (Å²) in [6.07, 6.45) is 0.301. The quantitative estimate of drug-likeness (QED) is 0.826. The number of ketones is 1. The number of carbonyl (C=O) groups is 2. The predicted octanol–water partition coefficient (Wildman–Crippen LogP) is 2.16. The van der Waals surface area contributed by atoms with E-state index in [1.807, 2.05) is 19.9 Å². The number of hydrogen-bond donors (Lipinski definition) is 1. The van der Waals surface area contributed by atoms with Crippen molar-refractivity contribution in [2.24, 2.45) is 11.8 Å². The van der Waals surface area contributed by atoms with Gasteiger partial charge in [0, 0.05) is 11.3 Å². The highest BCUT2D eigenvalue weighted by Gasteiger charge is 2.25. The van der Waals surface area contributed by atoms with Crippen LogP contribution >= 0.6 is 0 Å². The van der Waals surface area contributed by atoms with Crippen LogP contribution in [0.5, 0.6) is 0 Å². The Labute approximate surface area is 106 Å². The van der Waals surface area contributed by atoms with Gasteiger partial charge in [0.15, 0.2) is 5.78 Å². The van der Waals surface area contributed by atoms with E-state index in [0.717, 1.165) is 11.3 Å². The average Bonchev–Trinajstić information content (AvgIpc) is 2.68. The molecule has 0 saturated heterocycles. The van der Waals surface area contributed by atoms with Gasteiger partial charge in [-0.05, 0) is 29.7 Å². The Kier molecular flexibility index (Phi) is 3.15. The minimum absolute atomic E-state index is 0.0180. The second kappa shape index (κ2) is 4.61. The largest absolute Gasteiger partial charge is 0.326 e. The lowest BCUT2D eigenvalue weighted by molar-refractivity contribution is -0.115. The van der Waals surface area contributed by atoms with Crippen LogP contribution in [-0.2, 0) is 11.2 Å². The molecule has 1 aromatic carbocycles. The van der Waals surface area contributed by atoms with Gasteiger partial charge in [-0.15, -0.1) is 0 Å². The highest BCUT2D eigenvalue weighted by Crippen LogP contribution is 2.26. The Balaban J connectivity index is 2.31. The van der Waals surface area contributed by atoms with Gasteiger partial charge in [-0.25, -0.2) is 0 Å². The molecule has 4 heteroatoms. The Morgan fingerprint density at radius 3 is 2.78 bits per heavy atom. The Bertz CT molecular complexity index is 555. The van der Waals surface area contributed by atoms with E-state index in [-0.39, 0.29) is 17.6 Å². The standard InChI is InChI=1S/C14H14N2O2/c1-8(2)11(7-15)14(18)9-3-4-12-10(5-9)6-13(17)16-12/h3-5,8,11H,6H2,1-2H3,(H,16,17). The van der Waals surface area contributed by atoms with E-state index in [0.29, 0.717) is 12.0 Å². The third-order valence-corrected chi connectivity index (χ3v) is 3.10. The van der Waals surface area contributed by atoms with Crippen molar-refractivity contribution in [2.75, 3.05) is 5.32 Å². The number of nitriles is 1. The van der Waals surface area contributed by atoms with Crippen molar-refractivity contribution in [3.8, 4) is 6.07 Å². The van der Waals surface area contributed by atoms with Crippen molar-refractivity contribution in [2.45, 2.75) is 20.3 Å². The van der Waals surface area contributed by atoms with Crippen molar-refractivity contribution in [3.63, 3.8) is 0 Å². The summed E-state index contributed by atoms with van der Waals surface area (Å²) in [6, 6.07) is 7.15. The lowest BCUT2D eigenvalue weighted by Crippen LogP contribution is -2.18. The molecule has 18 heavy (non-hydrogen) atoms. The van der Waals surface area contributed by atoms with Crippen LogP contribution in [0.25, 0.3) is 0 Å². The number of amides is 1. The first-order valence-electron chi connectivity index (χ1n) is 5.89. The highest BCUT2D eigenvalue weighted by atomic mass is 16.1. The molecular weight excluding hydrogens is 228 g/mol. The monoisotopic (exact) mass is 242 g/mol. The van der Waals surface area contributed by atoms with Crippen molar-refractivity contribution in [1.82, 2.24) is 0 Å². The van der Waals surface area contributed by atoms with Gasteiger partial charge in [0.2, 0.25) is 5.91 Å². The maximum atomic E-state index is 12.2. The summed E-state index contributed by atoms with van der Waals surface area (Å²) in [5.41, 5.74) is 2.09. The smallest absolute Gasteiger partial charge is 0.228 e. The van der Waals surface area contributed by atoms with E-state index >= 15 is 0 Å². The molecule has 1 aliphatic heterocycles. The summed E-state index contributed by atoms with van der Waals surface area (Å²) in [5, 5.41) is 11.7. The van der Waals surface area contributed by atoms with Crippen LogP contribution in [-0.4, -0.2) is 11.7 Å². The molecule has 1 N–H and O–H groups in total. The molecule has 1 amide bonds. The van der Waals surface area contributed by atoms with E-state index in [9.17, 15) is 9.59 Å². The maximum Gasteiger partial charge on any atom is 0.228 e. The molecule has 0 radical (unpaired) electrons. The van der Waals surface area contributed by atoms with Crippen LogP contribution in [0.4, 0.5) is 5.69 Å². The molecule has 0 aliphatic carbocycles. The van der Waals surface area contributed by atoms with Crippen LogP contribution in [0.2, 0.25) is 0 Å². The fourth-order valence-corrected chi connectivity index (χ4v) is 2.07. The molecular formula is C14H14N2O2. The number of rotatable bonds is 3. The lowest BCUT2D eigenvalue weighted by Gasteiger charge is -2.12. The van der Waals surface area contributed by atoms with E-state index in [1.54, 1.807) is 18.2 Å². The molecule has 1 unspecified atom stereocenters. The minimum atomic E-state index is -0.631. The van der Waals surface area contributed by atoms with Gasteiger partial charge >= 0.3 is 0 Å². The van der Waals surface area contributed by atoms with E-state index in [2.05, 4.69) is 5.32 Å². The zero-order valence-corrected chi connectivity index (χ0v) is 10.4. The van der Waals surface area contributed by atoms with Crippen LogP contribution in [0, 0.1) is 23.2 Å². The van der Waals surface area contributed by atoms with E-state index in [4.69, 9.17) is 5.26 Å². The molecule has 0 fully saturated rings. The second-order valence-electron chi connectivity index (χ2n) is 4.81. The van der Waals surface area contributed by atoms with Gasteiger partial charge in [-0.2, -0.15) is 5.26 Å². The van der Waals surface area contributed by atoms with Crippen molar-refractivity contribution >= 4 is 17.4 Å². The molecule has 1 aliphatic rings. The Morgan fingerprint density at radius 2 is 2.17 bits per heavy atom. The van der Waals surface area contributed by atoms with Crippen molar-refractivity contribution in [3.05, 3.63) is 29.3 Å². The summed E-state index contributed by atoms with van der Waals surface area (Å²) < 4.78 is 0.